The van der Waals surface area contributed by atoms with E-state index in [4.69, 9.17) is 6.57 Å². The second-order valence-electron chi connectivity index (χ2n) is 14.4. The van der Waals surface area contributed by atoms with Crippen molar-refractivity contribution < 1.29 is 0 Å². The molecule has 52 heavy (non-hydrogen) atoms. The van der Waals surface area contributed by atoms with Crippen LogP contribution in [0.4, 0.5) is 5.69 Å². The van der Waals surface area contributed by atoms with Gasteiger partial charge in [-0.25, -0.2) is 4.85 Å². The first-order valence-electron chi connectivity index (χ1n) is 17.4. The molecule has 0 spiro atoms. The van der Waals surface area contributed by atoms with Crippen molar-refractivity contribution in [1.82, 2.24) is 9.13 Å². The van der Waals surface area contributed by atoms with Crippen molar-refractivity contribution in [2.24, 2.45) is 0 Å². The van der Waals surface area contributed by atoms with Crippen LogP contribution in [-0.2, 0) is 5.41 Å². The lowest BCUT2D eigenvalue weighted by atomic mass is 9.80. The number of nitrogens with zero attached hydrogens (tertiary/aromatic N) is 4. The minimum absolute atomic E-state index is 0.120. The summed E-state index contributed by atoms with van der Waals surface area (Å²) in [5, 5.41) is 16.7. The second-order valence-corrected chi connectivity index (χ2v) is 15.4. The number of aromatic nitrogens is 2. The van der Waals surface area contributed by atoms with Gasteiger partial charge < -0.3 is 9.13 Å². The summed E-state index contributed by atoms with van der Waals surface area (Å²) in [6.45, 7) is 12.4. The van der Waals surface area contributed by atoms with Gasteiger partial charge in [-0.05, 0) is 107 Å². The summed E-state index contributed by atoms with van der Waals surface area (Å²) in [5.41, 5.74) is 13.2. The number of hydrogen-bond acceptors (Lipinski definition) is 2. The zero-order valence-electron chi connectivity index (χ0n) is 28.4. The summed E-state index contributed by atoms with van der Waals surface area (Å²) in [5.74, 6) is 0. The van der Waals surface area contributed by atoms with Crippen LogP contribution in [0.1, 0.15) is 30.5 Å². The third kappa shape index (κ3) is 3.73. The fraction of sp³-hybridized carbons (Fsp3) is 0.0638. The van der Waals surface area contributed by atoms with Crippen molar-refractivity contribution in [2.75, 3.05) is 0 Å². The largest absolute Gasteiger partial charge is 0.309 e. The molecular formula is C47H28N4S. The summed E-state index contributed by atoms with van der Waals surface area (Å²) < 4.78 is 7.19. The van der Waals surface area contributed by atoms with Crippen LogP contribution in [0.25, 0.3) is 91.1 Å². The number of para-hydroxylation sites is 1. The molecule has 0 saturated heterocycles. The molecule has 7 aromatic carbocycles. The average molecular weight is 681 g/mol. The summed E-state index contributed by atoms with van der Waals surface area (Å²) in [4.78, 5) is 3.70. The van der Waals surface area contributed by atoms with Gasteiger partial charge in [0.15, 0.2) is 5.69 Å². The van der Waals surface area contributed by atoms with Crippen molar-refractivity contribution >= 4 is 80.8 Å². The number of hydrogen-bond donors (Lipinski definition) is 0. The minimum Gasteiger partial charge on any atom is -0.309 e. The first-order chi connectivity index (χ1) is 25.4. The fourth-order valence-electron chi connectivity index (χ4n) is 9.07. The van der Waals surface area contributed by atoms with E-state index in [1.54, 1.807) is 0 Å². The zero-order chi connectivity index (χ0) is 34.9. The normalized spacial score (nSPS) is 13.3. The van der Waals surface area contributed by atoms with Crippen LogP contribution in [0, 0.1) is 17.9 Å². The second kappa shape index (κ2) is 10.2. The van der Waals surface area contributed by atoms with Gasteiger partial charge in [0.1, 0.15) is 0 Å². The molecule has 0 aliphatic heterocycles. The lowest BCUT2D eigenvalue weighted by molar-refractivity contribution is 0.666. The predicted octanol–water partition coefficient (Wildman–Crippen LogP) is 13.0. The Hall–Kier alpha value is -6.66. The maximum atomic E-state index is 9.69. The van der Waals surface area contributed by atoms with Gasteiger partial charge in [0.2, 0.25) is 0 Å². The fourth-order valence-corrected chi connectivity index (χ4v) is 10.1. The Bertz CT molecular complexity index is 3230. The molecule has 5 heteroatoms. The van der Waals surface area contributed by atoms with Gasteiger partial charge in [0, 0.05) is 53.1 Å². The monoisotopic (exact) mass is 680 g/mol. The van der Waals surface area contributed by atoms with E-state index in [0.29, 0.717) is 11.3 Å². The lowest BCUT2D eigenvalue weighted by Crippen LogP contribution is -2.15. The molecule has 3 heterocycles. The summed E-state index contributed by atoms with van der Waals surface area (Å²) in [6.07, 6.45) is 0. The Morgan fingerprint density at radius 3 is 1.98 bits per heavy atom. The molecule has 11 rings (SSSR count). The molecule has 4 nitrogen and oxygen atoms in total. The van der Waals surface area contributed by atoms with Crippen LogP contribution < -0.4 is 0 Å². The molecule has 242 valence electrons. The van der Waals surface area contributed by atoms with E-state index in [1.807, 2.05) is 47.7 Å². The van der Waals surface area contributed by atoms with Crippen molar-refractivity contribution in [3.8, 4) is 28.6 Å². The molecule has 0 N–H and O–H groups in total. The standard InChI is InChI=1S/C47H28N4S/c1-47(2)38-10-6-4-8-31(38)32-16-19-42-45(46(32)47)33-9-5-7-11-39(33)51(42)30-15-21-44-37(25-30)36-24-29(14-20-43(36)52-44)50-40-17-12-27(26-48)22-34(40)35-23-28(49-3)13-18-41(35)50/h4-25H,1-2H3. The van der Waals surface area contributed by atoms with Crippen LogP contribution in [0.2, 0.25) is 0 Å². The highest BCUT2D eigenvalue weighted by Crippen LogP contribution is 2.53. The van der Waals surface area contributed by atoms with E-state index in [0.717, 1.165) is 33.2 Å². The van der Waals surface area contributed by atoms with Crippen LogP contribution in [0.5, 0.6) is 0 Å². The third-order valence-corrected chi connectivity index (χ3v) is 12.5. The molecule has 0 unspecified atom stereocenters. The molecule has 3 aromatic heterocycles. The summed E-state index contributed by atoms with van der Waals surface area (Å²) in [6, 6.07) is 50.0. The Morgan fingerprint density at radius 2 is 1.23 bits per heavy atom. The highest BCUT2D eigenvalue weighted by molar-refractivity contribution is 7.25. The van der Waals surface area contributed by atoms with E-state index < -0.39 is 0 Å². The number of rotatable bonds is 2. The van der Waals surface area contributed by atoms with E-state index in [9.17, 15) is 5.26 Å². The van der Waals surface area contributed by atoms with Gasteiger partial charge in [-0.1, -0.05) is 68.4 Å². The van der Waals surface area contributed by atoms with Crippen molar-refractivity contribution in [2.45, 2.75) is 19.3 Å². The first-order valence-corrected chi connectivity index (χ1v) is 18.3. The van der Waals surface area contributed by atoms with E-state index in [1.165, 1.54) is 64.2 Å². The molecule has 0 amide bonds. The first kappa shape index (κ1) is 29.1. The molecule has 0 atom stereocenters. The SMILES string of the molecule is [C-]#[N+]c1ccc2c(c1)c1cc(C#N)ccc1n2-c1ccc2sc3ccc(-n4c5ccccc5c5c6c(ccc54)-c4ccccc4C6(C)C)cc3c2c1. The lowest BCUT2D eigenvalue weighted by Gasteiger charge is -2.22. The van der Waals surface area contributed by atoms with Crippen molar-refractivity contribution in [1.29, 1.82) is 5.26 Å². The number of benzene rings is 7. The highest BCUT2D eigenvalue weighted by Gasteiger charge is 2.38. The van der Waals surface area contributed by atoms with Crippen LogP contribution >= 0.6 is 11.3 Å². The van der Waals surface area contributed by atoms with Crippen LogP contribution in [-0.4, -0.2) is 9.13 Å². The Labute approximate surface area is 303 Å². The van der Waals surface area contributed by atoms with Gasteiger partial charge in [0.05, 0.1) is 40.3 Å². The van der Waals surface area contributed by atoms with Crippen LogP contribution in [0.15, 0.2) is 133 Å². The molecule has 0 radical (unpaired) electrons. The van der Waals surface area contributed by atoms with Crippen molar-refractivity contribution in [3.63, 3.8) is 0 Å². The number of fused-ring (bicyclic) bond motifs is 13. The Balaban J connectivity index is 1.15. The molecule has 0 fully saturated rings. The van der Waals surface area contributed by atoms with Gasteiger partial charge in [-0.3, -0.25) is 0 Å². The average Bonchev–Trinajstić information content (AvgIpc) is 3.89. The summed E-state index contributed by atoms with van der Waals surface area (Å²) >= 11 is 1.82. The zero-order valence-corrected chi connectivity index (χ0v) is 29.2. The smallest absolute Gasteiger partial charge is 0.188 e. The van der Waals surface area contributed by atoms with Gasteiger partial charge >= 0.3 is 0 Å². The van der Waals surface area contributed by atoms with Gasteiger partial charge in [-0.2, -0.15) is 5.26 Å². The maximum absolute atomic E-state index is 9.69. The summed E-state index contributed by atoms with van der Waals surface area (Å²) in [7, 11) is 0. The molecule has 0 saturated carbocycles. The topological polar surface area (TPSA) is 38.0 Å². The van der Waals surface area contributed by atoms with E-state index in [-0.39, 0.29) is 5.41 Å². The Morgan fingerprint density at radius 1 is 0.596 bits per heavy atom. The molecule has 1 aliphatic carbocycles. The van der Waals surface area contributed by atoms with Crippen LogP contribution in [0.3, 0.4) is 0 Å². The highest BCUT2D eigenvalue weighted by atomic mass is 32.1. The Kier molecular flexibility index (Phi) is 5.71. The predicted molar refractivity (Wildman–Crippen MR) is 217 cm³/mol. The molecule has 10 aromatic rings. The minimum atomic E-state index is -0.120. The van der Waals surface area contributed by atoms with Crippen molar-refractivity contribution in [3.05, 3.63) is 162 Å². The number of nitriles is 1. The van der Waals surface area contributed by atoms with Gasteiger partial charge in [-0.15, -0.1) is 11.3 Å². The van der Waals surface area contributed by atoms with Gasteiger partial charge in [0.25, 0.3) is 0 Å². The third-order valence-electron chi connectivity index (χ3n) is 11.3. The van der Waals surface area contributed by atoms with E-state index in [2.05, 4.69) is 131 Å². The molecule has 1 aliphatic rings. The van der Waals surface area contributed by atoms with E-state index >= 15 is 0 Å². The number of thiophene rings is 1. The molecule has 0 bridgehead atoms. The molecular weight excluding hydrogens is 653 g/mol. The maximum Gasteiger partial charge on any atom is 0.188 e. The quantitative estimate of drug-likeness (QED) is 0.167.